The average molecular weight is 262 g/mol. The average Bonchev–Trinajstić information content (AvgIpc) is 2.71. The van der Waals surface area contributed by atoms with Gasteiger partial charge in [0.05, 0.1) is 16.3 Å². The van der Waals surface area contributed by atoms with Gasteiger partial charge >= 0.3 is 0 Å². The third kappa shape index (κ3) is 2.57. The third-order valence-corrected chi connectivity index (χ3v) is 4.51. The molecule has 2 rings (SSSR count). The summed E-state index contributed by atoms with van der Waals surface area (Å²) in [4.78, 5) is 7.29. The molecule has 1 atom stereocenters. The van der Waals surface area contributed by atoms with Crippen LogP contribution in [0, 0.1) is 0 Å². The molecule has 0 fully saturated rings. The Morgan fingerprint density at radius 1 is 1.00 bits per heavy atom. The molecule has 0 bridgehead atoms. The van der Waals surface area contributed by atoms with E-state index in [9.17, 15) is 0 Å². The number of thiazole rings is 1. The second kappa shape index (κ2) is 5.37. The van der Waals surface area contributed by atoms with Crippen LogP contribution in [0.5, 0.6) is 0 Å². The fourth-order valence-electron chi connectivity index (χ4n) is 2.69. The van der Waals surface area contributed by atoms with Crippen molar-refractivity contribution in [2.45, 2.75) is 52.7 Å². The summed E-state index contributed by atoms with van der Waals surface area (Å²) in [7, 11) is 0. The van der Waals surface area contributed by atoms with Crippen LogP contribution in [0.4, 0.5) is 0 Å². The van der Waals surface area contributed by atoms with E-state index >= 15 is 0 Å². The number of nitrogens with zero attached hydrogens (tertiary/aromatic N) is 2. The van der Waals surface area contributed by atoms with Gasteiger partial charge in [0.25, 0.3) is 0 Å². The Kier molecular flexibility index (Phi) is 4.03. The molecule has 0 saturated heterocycles. The van der Waals surface area contributed by atoms with Crippen molar-refractivity contribution in [3.8, 4) is 0 Å². The van der Waals surface area contributed by atoms with Gasteiger partial charge in [0, 0.05) is 12.1 Å². The Hall–Kier alpha value is -0.930. The predicted octanol–water partition coefficient (Wildman–Crippen LogP) is 4.48. The molecule has 98 valence electrons. The first-order valence-corrected chi connectivity index (χ1v) is 7.45. The summed E-state index contributed by atoms with van der Waals surface area (Å²) in [5.41, 5.74) is 1.12. The molecule has 0 saturated carbocycles. The van der Waals surface area contributed by atoms with E-state index in [0.717, 1.165) is 5.52 Å². The molecule has 0 spiro atoms. The van der Waals surface area contributed by atoms with Gasteiger partial charge in [-0.1, -0.05) is 12.1 Å². The smallest absolute Gasteiger partial charge is 0.111 e. The van der Waals surface area contributed by atoms with Crippen LogP contribution < -0.4 is 0 Å². The number of hydrogen-bond donors (Lipinski definition) is 0. The van der Waals surface area contributed by atoms with E-state index in [1.54, 1.807) is 0 Å². The van der Waals surface area contributed by atoms with E-state index in [4.69, 9.17) is 4.98 Å². The number of para-hydroxylation sites is 1. The Bertz CT molecular complexity index is 475. The molecular formula is C15H22N2S. The number of hydrogen-bond acceptors (Lipinski definition) is 3. The van der Waals surface area contributed by atoms with Gasteiger partial charge in [-0.05, 0) is 46.8 Å². The van der Waals surface area contributed by atoms with Crippen LogP contribution >= 0.6 is 11.3 Å². The summed E-state index contributed by atoms with van der Waals surface area (Å²) in [5.74, 6) is 0. The van der Waals surface area contributed by atoms with Crippen LogP contribution in [0.2, 0.25) is 0 Å². The van der Waals surface area contributed by atoms with Crippen molar-refractivity contribution in [1.82, 2.24) is 9.88 Å². The van der Waals surface area contributed by atoms with Crippen molar-refractivity contribution < 1.29 is 0 Å². The largest absolute Gasteiger partial charge is 0.289 e. The van der Waals surface area contributed by atoms with E-state index in [-0.39, 0.29) is 0 Å². The number of benzene rings is 1. The van der Waals surface area contributed by atoms with E-state index in [1.165, 1.54) is 9.71 Å². The third-order valence-electron chi connectivity index (χ3n) is 3.31. The Morgan fingerprint density at radius 2 is 1.61 bits per heavy atom. The van der Waals surface area contributed by atoms with E-state index in [1.807, 2.05) is 11.3 Å². The Labute approximate surface area is 114 Å². The molecule has 0 aliphatic carbocycles. The monoisotopic (exact) mass is 262 g/mol. The quantitative estimate of drug-likeness (QED) is 0.808. The molecule has 1 unspecified atom stereocenters. The molecule has 2 nitrogen and oxygen atoms in total. The SMILES string of the molecule is CC(C)N(C(C)C)C(C)c1nc2ccccc2s1. The molecule has 3 heteroatoms. The lowest BCUT2D eigenvalue weighted by atomic mass is 10.1. The molecule has 0 radical (unpaired) electrons. The van der Waals surface area contributed by atoms with Gasteiger partial charge in [-0.2, -0.15) is 0 Å². The van der Waals surface area contributed by atoms with Crippen LogP contribution in [-0.2, 0) is 0 Å². The van der Waals surface area contributed by atoms with E-state index < -0.39 is 0 Å². The minimum Gasteiger partial charge on any atom is -0.289 e. The molecule has 1 aromatic carbocycles. The second-order valence-corrected chi connectivity index (χ2v) is 6.39. The van der Waals surface area contributed by atoms with Crippen molar-refractivity contribution >= 4 is 21.6 Å². The van der Waals surface area contributed by atoms with Crippen molar-refractivity contribution in [2.75, 3.05) is 0 Å². The topological polar surface area (TPSA) is 16.1 Å². The highest BCUT2D eigenvalue weighted by Crippen LogP contribution is 2.31. The molecule has 2 aromatic rings. The van der Waals surface area contributed by atoms with Crippen LogP contribution in [0.15, 0.2) is 24.3 Å². The molecule has 18 heavy (non-hydrogen) atoms. The summed E-state index contributed by atoms with van der Waals surface area (Å²) in [6.45, 7) is 11.3. The first kappa shape index (κ1) is 13.5. The summed E-state index contributed by atoms with van der Waals surface area (Å²) in [6, 6.07) is 9.83. The fraction of sp³-hybridized carbons (Fsp3) is 0.533. The summed E-state index contributed by atoms with van der Waals surface area (Å²) >= 11 is 1.82. The predicted molar refractivity (Wildman–Crippen MR) is 80.1 cm³/mol. The number of rotatable bonds is 4. The lowest BCUT2D eigenvalue weighted by molar-refractivity contribution is 0.122. The lowest BCUT2D eigenvalue weighted by Crippen LogP contribution is -2.38. The van der Waals surface area contributed by atoms with Crippen LogP contribution in [0.25, 0.3) is 10.2 Å². The maximum atomic E-state index is 4.78. The highest BCUT2D eigenvalue weighted by molar-refractivity contribution is 7.18. The van der Waals surface area contributed by atoms with E-state index in [2.05, 4.69) is 63.8 Å². The van der Waals surface area contributed by atoms with Crippen LogP contribution in [0.1, 0.15) is 45.7 Å². The zero-order valence-corrected chi connectivity index (χ0v) is 12.7. The van der Waals surface area contributed by atoms with Gasteiger partial charge in [0.2, 0.25) is 0 Å². The molecule has 0 aliphatic heterocycles. The van der Waals surface area contributed by atoms with Gasteiger partial charge in [-0.3, -0.25) is 4.90 Å². The highest BCUT2D eigenvalue weighted by Gasteiger charge is 2.23. The Morgan fingerprint density at radius 3 is 2.17 bits per heavy atom. The van der Waals surface area contributed by atoms with Crippen molar-refractivity contribution in [1.29, 1.82) is 0 Å². The maximum absolute atomic E-state index is 4.78. The second-order valence-electron chi connectivity index (χ2n) is 5.33. The number of fused-ring (bicyclic) bond motifs is 1. The minimum absolute atomic E-state index is 0.377. The molecular weight excluding hydrogens is 240 g/mol. The molecule has 0 aliphatic rings. The maximum Gasteiger partial charge on any atom is 0.111 e. The first-order chi connectivity index (χ1) is 8.50. The normalized spacial score (nSPS) is 14.0. The lowest BCUT2D eigenvalue weighted by Gasteiger charge is -2.35. The van der Waals surface area contributed by atoms with Gasteiger partial charge < -0.3 is 0 Å². The van der Waals surface area contributed by atoms with Crippen molar-refractivity contribution in [3.05, 3.63) is 29.3 Å². The summed E-state index contributed by atoms with van der Waals surface area (Å²) < 4.78 is 1.28. The van der Waals surface area contributed by atoms with Gasteiger partial charge in [0.1, 0.15) is 5.01 Å². The van der Waals surface area contributed by atoms with Crippen molar-refractivity contribution in [2.24, 2.45) is 0 Å². The molecule has 0 amide bonds. The van der Waals surface area contributed by atoms with Gasteiger partial charge in [-0.25, -0.2) is 4.98 Å². The molecule has 1 aromatic heterocycles. The molecule has 1 heterocycles. The van der Waals surface area contributed by atoms with E-state index in [0.29, 0.717) is 18.1 Å². The van der Waals surface area contributed by atoms with Crippen LogP contribution in [-0.4, -0.2) is 22.0 Å². The summed E-state index contributed by atoms with van der Waals surface area (Å²) in [6.07, 6.45) is 0. The van der Waals surface area contributed by atoms with Crippen molar-refractivity contribution in [3.63, 3.8) is 0 Å². The van der Waals surface area contributed by atoms with Gasteiger partial charge in [-0.15, -0.1) is 11.3 Å². The zero-order chi connectivity index (χ0) is 13.3. The minimum atomic E-state index is 0.377. The fourth-order valence-corrected chi connectivity index (χ4v) is 3.71. The first-order valence-electron chi connectivity index (χ1n) is 6.63. The Balaban J connectivity index is 2.34. The number of aromatic nitrogens is 1. The zero-order valence-electron chi connectivity index (χ0n) is 11.8. The van der Waals surface area contributed by atoms with Gasteiger partial charge in [0.15, 0.2) is 0 Å². The molecule has 0 N–H and O–H groups in total. The van der Waals surface area contributed by atoms with Crippen LogP contribution in [0.3, 0.4) is 0 Å². The summed E-state index contributed by atoms with van der Waals surface area (Å²) in [5, 5.41) is 1.22. The standard InChI is InChI=1S/C15H22N2S/c1-10(2)17(11(3)4)12(5)15-16-13-8-6-7-9-14(13)18-15/h6-12H,1-5H3. The highest BCUT2D eigenvalue weighted by atomic mass is 32.1.